The molecule has 0 radical (unpaired) electrons. The van der Waals surface area contributed by atoms with Gasteiger partial charge >= 0.3 is 0 Å². The third-order valence-corrected chi connectivity index (χ3v) is 3.23. The van der Waals surface area contributed by atoms with Crippen LogP contribution in [0, 0.1) is 11.3 Å². The number of benzene rings is 2. The van der Waals surface area contributed by atoms with Crippen LogP contribution in [-0.2, 0) is 13.0 Å². The lowest BCUT2D eigenvalue weighted by atomic mass is 9.99. The average molecular weight is 250 g/mol. The van der Waals surface area contributed by atoms with E-state index in [4.69, 9.17) is 0 Å². The van der Waals surface area contributed by atoms with E-state index < -0.39 is 0 Å². The first-order valence-electron chi connectivity index (χ1n) is 6.60. The highest BCUT2D eigenvalue weighted by Crippen LogP contribution is 2.18. The van der Waals surface area contributed by atoms with Crippen LogP contribution in [0.15, 0.2) is 54.6 Å². The molecule has 2 aromatic carbocycles. The molecular formula is C17H18N2. The number of hydrogen-bond donors (Lipinski definition) is 1. The maximum Gasteiger partial charge on any atom is 0.121 e. The number of hydrogen-bond acceptors (Lipinski definition) is 2. The van der Waals surface area contributed by atoms with Gasteiger partial charge in [0.2, 0.25) is 0 Å². The third-order valence-electron chi connectivity index (χ3n) is 3.23. The number of rotatable bonds is 5. The molecule has 0 saturated heterocycles. The molecule has 2 rings (SSSR count). The Morgan fingerprint density at radius 2 is 1.74 bits per heavy atom. The van der Waals surface area contributed by atoms with Crippen molar-refractivity contribution in [2.75, 3.05) is 0 Å². The smallest absolute Gasteiger partial charge is 0.121 e. The summed E-state index contributed by atoms with van der Waals surface area (Å²) in [5, 5.41) is 12.7. The summed E-state index contributed by atoms with van der Waals surface area (Å²) in [5.74, 6) is 0. The third kappa shape index (κ3) is 3.43. The quantitative estimate of drug-likeness (QED) is 0.880. The predicted octanol–water partition coefficient (Wildman–Crippen LogP) is 3.60. The molecule has 1 unspecified atom stereocenters. The molecule has 0 aliphatic rings. The van der Waals surface area contributed by atoms with Gasteiger partial charge < -0.3 is 0 Å². The largest absolute Gasteiger partial charge is 0.294 e. The summed E-state index contributed by atoms with van der Waals surface area (Å²) in [6.45, 7) is 2.82. The molecular weight excluding hydrogens is 232 g/mol. The number of aryl methyl sites for hydroxylation is 1. The SMILES string of the molecule is CCc1ccccc1C(C#N)NCc1ccccc1. The molecule has 0 bridgehead atoms. The molecule has 19 heavy (non-hydrogen) atoms. The molecule has 0 fully saturated rings. The zero-order valence-corrected chi connectivity index (χ0v) is 11.1. The first-order valence-corrected chi connectivity index (χ1v) is 6.60. The van der Waals surface area contributed by atoms with Crippen molar-refractivity contribution in [2.24, 2.45) is 0 Å². The van der Waals surface area contributed by atoms with Crippen LogP contribution < -0.4 is 5.32 Å². The number of nitrogens with zero attached hydrogens (tertiary/aromatic N) is 1. The maximum absolute atomic E-state index is 9.36. The molecule has 1 atom stereocenters. The zero-order valence-electron chi connectivity index (χ0n) is 11.1. The zero-order chi connectivity index (χ0) is 13.5. The van der Waals surface area contributed by atoms with E-state index >= 15 is 0 Å². The summed E-state index contributed by atoms with van der Waals surface area (Å²) < 4.78 is 0. The van der Waals surface area contributed by atoms with Gasteiger partial charge in [-0.1, -0.05) is 61.5 Å². The molecule has 2 nitrogen and oxygen atoms in total. The highest BCUT2D eigenvalue weighted by molar-refractivity contribution is 5.33. The lowest BCUT2D eigenvalue weighted by Gasteiger charge is -2.15. The van der Waals surface area contributed by atoms with E-state index in [0.717, 1.165) is 12.0 Å². The second-order valence-corrected chi connectivity index (χ2v) is 4.48. The fraction of sp³-hybridized carbons (Fsp3) is 0.235. The van der Waals surface area contributed by atoms with Crippen molar-refractivity contribution in [3.8, 4) is 6.07 Å². The highest BCUT2D eigenvalue weighted by atomic mass is 14.9. The summed E-state index contributed by atoms with van der Waals surface area (Å²) in [6, 6.07) is 20.4. The van der Waals surface area contributed by atoms with Gasteiger partial charge in [-0.3, -0.25) is 5.32 Å². The van der Waals surface area contributed by atoms with E-state index in [9.17, 15) is 5.26 Å². The lowest BCUT2D eigenvalue weighted by molar-refractivity contribution is 0.626. The Labute approximate surface area is 114 Å². The molecule has 0 aromatic heterocycles. The Bertz CT molecular complexity index is 555. The van der Waals surface area contributed by atoms with Gasteiger partial charge in [0.25, 0.3) is 0 Å². The summed E-state index contributed by atoms with van der Waals surface area (Å²) in [7, 11) is 0. The van der Waals surface area contributed by atoms with Crippen molar-refractivity contribution >= 4 is 0 Å². The Kier molecular flexibility index (Phi) is 4.72. The molecule has 2 aromatic rings. The van der Waals surface area contributed by atoms with E-state index in [1.165, 1.54) is 11.1 Å². The second-order valence-electron chi connectivity index (χ2n) is 4.48. The Morgan fingerprint density at radius 1 is 1.05 bits per heavy atom. The van der Waals surface area contributed by atoms with Crippen LogP contribution in [0.2, 0.25) is 0 Å². The van der Waals surface area contributed by atoms with E-state index in [1.807, 2.05) is 36.4 Å². The lowest BCUT2D eigenvalue weighted by Crippen LogP contribution is -2.20. The van der Waals surface area contributed by atoms with Crippen LogP contribution in [0.4, 0.5) is 0 Å². The Balaban J connectivity index is 2.11. The first kappa shape index (κ1) is 13.3. The van der Waals surface area contributed by atoms with E-state index in [2.05, 4.69) is 36.5 Å². The van der Waals surface area contributed by atoms with Crippen molar-refractivity contribution in [3.63, 3.8) is 0 Å². The molecule has 0 saturated carbocycles. The normalized spacial score (nSPS) is 11.8. The fourth-order valence-electron chi connectivity index (χ4n) is 2.18. The van der Waals surface area contributed by atoms with Crippen LogP contribution >= 0.6 is 0 Å². The van der Waals surface area contributed by atoms with Gasteiger partial charge in [-0.15, -0.1) is 0 Å². The first-order chi connectivity index (χ1) is 9.35. The number of nitriles is 1. The maximum atomic E-state index is 9.36. The Hall–Kier alpha value is -2.11. The van der Waals surface area contributed by atoms with Gasteiger partial charge in [-0.05, 0) is 23.1 Å². The second kappa shape index (κ2) is 6.72. The summed E-state index contributed by atoms with van der Waals surface area (Å²) >= 11 is 0. The highest BCUT2D eigenvalue weighted by Gasteiger charge is 2.12. The van der Waals surface area contributed by atoms with E-state index in [1.54, 1.807) is 0 Å². The molecule has 1 N–H and O–H groups in total. The average Bonchev–Trinajstić information content (AvgIpc) is 2.49. The Morgan fingerprint density at radius 3 is 2.42 bits per heavy atom. The van der Waals surface area contributed by atoms with Gasteiger partial charge in [-0.2, -0.15) is 5.26 Å². The van der Waals surface area contributed by atoms with Gasteiger partial charge in [0.1, 0.15) is 6.04 Å². The molecule has 0 aliphatic carbocycles. The van der Waals surface area contributed by atoms with Gasteiger partial charge in [0, 0.05) is 6.54 Å². The van der Waals surface area contributed by atoms with Crippen molar-refractivity contribution in [3.05, 3.63) is 71.3 Å². The minimum absolute atomic E-state index is 0.253. The summed E-state index contributed by atoms with van der Waals surface area (Å²) in [5.41, 5.74) is 3.51. The van der Waals surface area contributed by atoms with Crippen molar-refractivity contribution < 1.29 is 0 Å². The minimum atomic E-state index is -0.253. The number of nitrogens with one attached hydrogen (secondary N) is 1. The fourth-order valence-corrected chi connectivity index (χ4v) is 2.18. The minimum Gasteiger partial charge on any atom is -0.294 e. The molecule has 0 spiro atoms. The molecule has 0 amide bonds. The van der Waals surface area contributed by atoms with Gasteiger partial charge in [0.05, 0.1) is 6.07 Å². The van der Waals surface area contributed by atoms with Crippen LogP contribution in [0.25, 0.3) is 0 Å². The molecule has 0 aliphatic heterocycles. The predicted molar refractivity (Wildman–Crippen MR) is 77.5 cm³/mol. The monoisotopic (exact) mass is 250 g/mol. The van der Waals surface area contributed by atoms with Crippen molar-refractivity contribution in [2.45, 2.75) is 25.9 Å². The van der Waals surface area contributed by atoms with Crippen LogP contribution in [-0.4, -0.2) is 0 Å². The standard InChI is InChI=1S/C17H18N2/c1-2-15-10-6-7-11-16(15)17(12-18)19-13-14-8-4-3-5-9-14/h3-11,17,19H,2,13H2,1H3. The van der Waals surface area contributed by atoms with Gasteiger partial charge in [-0.25, -0.2) is 0 Å². The van der Waals surface area contributed by atoms with Gasteiger partial charge in [0.15, 0.2) is 0 Å². The van der Waals surface area contributed by atoms with Crippen LogP contribution in [0.5, 0.6) is 0 Å². The summed E-state index contributed by atoms with van der Waals surface area (Å²) in [4.78, 5) is 0. The van der Waals surface area contributed by atoms with E-state index in [-0.39, 0.29) is 6.04 Å². The molecule has 0 heterocycles. The summed E-state index contributed by atoms with van der Waals surface area (Å²) in [6.07, 6.45) is 0.946. The van der Waals surface area contributed by atoms with E-state index in [0.29, 0.717) is 6.54 Å². The van der Waals surface area contributed by atoms with Crippen LogP contribution in [0.3, 0.4) is 0 Å². The van der Waals surface area contributed by atoms with Crippen LogP contribution in [0.1, 0.15) is 29.7 Å². The van der Waals surface area contributed by atoms with Crippen molar-refractivity contribution in [1.82, 2.24) is 5.32 Å². The molecule has 96 valence electrons. The topological polar surface area (TPSA) is 35.8 Å². The molecule has 2 heteroatoms. The van der Waals surface area contributed by atoms with Crippen molar-refractivity contribution in [1.29, 1.82) is 5.26 Å².